The fourth-order valence-corrected chi connectivity index (χ4v) is 5.87. The number of aryl methyl sites for hydroxylation is 1. The van der Waals surface area contributed by atoms with E-state index < -0.39 is 28.5 Å². The number of amides is 2. The van der Waals surface area contributed by atoms with Crippen molar-refractivity contribution in [3.05, 3.63) is 83.9 Å². The first kappa shape index (κ1) is 32.5. The fourth-order valence-electron chi connectivity index (χ4n) is 4.47. The van der Waals surface area contributed by atoms with Gasteiger partial charge in [-0.15, -0.1) is 0 Å². The summed E-state index contributed by atoms with van der Waals surface area (Å²) in [6.45, 7) is 7.74. The van der Waals surface area contributed by atoms with Crippen molar-refractivity contribution in [2.24, 2.45) is 5.92 Å². The first-order chi connectivity index (χ1) is 20.0. The summed E-state index contributed by atoms with van der Waals surface area (Å²) in [6.07, 6.45) is 0.351. The van der Waals surface area contributed by atoms with Gasteiger partial charge in [0.1, 0.15) is 12.6 Å². The van der Waals surface area contributed by atoms with Crippen molar-refractivity contribution >= 4 is 27.5 Å². The van der Waals surface area contributed by atoms with Gasteiger partial charge in [0.05, 0.1) is 24.8 Å². The van der Waals surface area contributed by atoms with Gasteiger partial charge in [-0.3, -0.25) is 13.9 Å². The van der Waals surface area contributed by atoms with Gasteiger partial charge in [-0.25, -0.2) is 8.42 Å². The van der Waals surface area contributed by atoms with Crippen LogP contribution >= 0.6 is 0 Å². The van der Waals surface area contributed by atoms with Crippen molar-refractivity contribution in [2.45, 2.75) is 51.6 Å². The molecule has 9 nitrogen and oxygen atoms in total. The van der Waals surface area contributed by atoms with E-state index in [1.165, 1.54) is 37.3 Å². The van der Waals surface area contributed by atoms with Crippen LogP contribution in [-0.2, 0) is 26.2 Å². The van der Waals surface area contributed by atoms with Crippen LogP contribution in [0.3, 0.4) is 0 Å². The SMILES string of the molecule is CCC(C(=O)NCC(C)C)N(Cc1ccccc1)C(=O)CN(c1ccc(OC)c(OC)c1)S(=O)(=O)c1ccc(C)cc1. The van der Waals surface area contributed by atoms with E-state index in [1.54, 1.807) is 24.3 Å². The highest BCUT2D eigenvalue weighted by Crippen LogP contribution is 2.34. The molecule has 1 unspecified atom stereocenters. The number of methoxy groups -OCH3 is 2. The minimum absolute atomic E-state index is 0.0343. The Morgan fingerprint density at radius 2 is 1.55 bits per heavy atom. The Kier molecular flexibility index (Phi) is 11.4. The quantitative estimate of drug-likeness (QED) is 0.288. The Labute approximate surface area is 249 Å². The molecule has 1 atom stereocenters. The predicted molar refractivity (Wildman–Crippen MR) is 164 cm³/mol. The molecule has 3 rings (SSSR count). The molecule has 42 heavy (non-hydrogen) atoms. The zero-order chi connectivity index (χ0) is 30.9. The van der Waals surface area contributed by atoms with Crippen molar-refractivity contribution in [1.82, 2.24) is 10.2 Å². The number of carbonyl (C=O) groups excluding carboxylic acids is 2. The predicted octanol–water partition coefficient (Wildman–Crippen LogP) is 4.79. The lowest BCUT2D eigenvalue weighted by molar-refractivity contribution is -0.140. The standard InChI is InChI=1S/C32H41N3O6S/c1-7-28(32(37)33-20-23(2)3)34(21-25-11-9-8-10-12-25)31(36)22-35(26-15-18-29(40-5)30(19-26)41-6)42(38,39)27-16-13-24(4)14-17-27/h8-19,23,28H,7,20-22H2,1-6H3,(H,33,37). The van der Waals surface area contributed by atoms with E-state index in [-0.39, 0.29) is 29.0 Å². The van der Waals surface area contributed by atoms with E-state index in [0.29, 0.717) is 24.5 Å². The molecular formula is C32H41N3O6S. The summed E-state index contributed by atoms with van der Waals surface area (Å²) in [5.41, 5.74) is 1.94. The number of ether oxygens (including phenoxy) is 2. The first-order valence-corrected chi connectivity index (χ1v) is 15.4. The smallest absolute Gasteiger partial charge is 0.264 e. The second-order valence-corrected chi connectivity index (χ2v) is 12.3. The van der Waals surface area contributed by atoms with Gasteiger partial charge >= 0.3 is 0 Å². The molecule has 0 spiro atoms. The van der Waals surface area contributed by atoms with Crippen molar-refractivity contribution in [3.63, 3.8) is 0 Å². The van der Waals surface area contributed by atoms with Gasteiger partial charge < -0.3 is 19.7 Å². The van der Waals surface area contributed by atoms with Crippen LogP contribution in [-0.4, -0.2) is 58.5 Å². The van der Waals surface area contributed by atoms with Crippen LogP contribution in [0.15, 0.2) is 77.7 Å². The van der Waals surface area contributed by atoms with Gasteiger partial charge in [0, 0.05) is 19.2 Å². The number of hydrogen-bond acceptors (Lipinski definition) is 6. The Morgan fingerprint density at radius 3 is 2.12 bits per heavy atom. The molecule has 0 aliphatic heterocycles. The molecule has 0 fully saturated rings. The number of hydrogen-bond donors (Lipinski definition) is 1. The molecule has 1 N–H and O–H groups in total. The lowest BCUT2D eigenvalue weighted by Gasteiger charge is -2.33. The van der Waals surface area contributed by atoms with Gasteiger partial charge in [-0.1, -0.05) is 68.8 Å². The zero-order valence-corrected chi connectivity index (χ0v) is 26.0. The van der Waals surface area contributed by atoms with Crippen molar-refractivity contribution < 1.29 is 27.5 Å². The maximum Gasteiger partial charge on any atom is 0.264 e. The largest absolute Gasteiger partial charge is 0.493 e. The second-order valence-electron chi connectivity index (χ2n) is 10.4. The van der Waals surface area contributed by atoms with Gasteiger partial charge in [0.15, 0.2) is 11.5 Å². The highest BCUT2D eigenvalue weighted by atomic mass is 32.2. The maximum absolute atomic E-state index is 14.2. The summed E-state index contributed by atoms with van der Waals surface area (Å²) in [4.78, 5) is 29.0. The number of carbonyl (C=O) groups is 2. The molecule has 3 aromatic carbocycles. The molecule has 0 aromatic heterocycles. The first-order valence-electron chi connectivity index (χ1n) is 13.9. The summed E-state index contributed by atoms with van der Waals surface area (Å²) in [7, 11) is -1.26. The summed E-state index contributed by atoms with van der Waals surface area (Å²) >= 11 is 0. The van der Waals surface area contributed by atoms with E-state index in [0.717, 1.165) is 15.4 Å². The molecule has 0 saturated heterocycles. The summed E-state index contributed by atoms with van der Waals surface area (Å²) < 4.78 is 40.0. The maximum atomic E-state index is 14.2. The number of rotatable bonds is 14. The van der Waals surface area contributed by atoms with E-state index in [9.17, 15) is 18.0 Å². The number of sulfonamides is 1. The van der Waals surface area contributed by atoms with Gasteiger partial charge in [0.25, 0.3) is 10.0 Å². The lowest BCUT2D eigenvalue weighted by Crippen LogP contribution is -2.52. The average molecular weight is 596 g/mol. The van der Waals surface area contributed by atoms with E-state index >= 15 is 0 Å². The monoisotopic (exact) mass is 595 g/mol. The van der Waals surface area contributed by atoms with Crippen LogP contribution in [0.4, 0.5) is 5.69 Å². The minimum atomic E-state index is -4.20. The van der Waals surface area contributed by atoms with Crippen LogP contribution in [0.2, 0.25) is 0 Å². The van der Waals surface area contributed by atoms with E-state index in [4.69, 9.17) is 9.47 Å². The second kappa shape index (κ2) is 14.7. The Morgan fingerprint density at radius 1 is 0.905 bits per heavy atom. The molecule has 2 amide bonds. The molecule has 0 aliphatic carbocycles. The zero-order valence-electron chi connectivity index (χ0n) is 25.2. The van der Waals surface area contributed by atoms with Crippen LogP contribution < -0.4 is 19.1 Å². The number of benzene rings is 3. The number of nitrogens with zero attached hydrogens (tertiary/aromatic N) is 2. The number of anilines is 1. The lowest BCUT2D eigenvalue weighted by atomic mass is 10.1. The fraction of sp³-hybridized carbons (Fsp3) is 0.375. The topological polar surface area (TPSA) is 105 Å². The van der Waals surface area contributed by atoms with Crippen molar-refractivity contribution in [2.75, 3.05) is 31.6 Å². The van der Waals surface area contributed by atoms with Crippen LogP contribution in [0.25, 0.3) is 0 Å². The third-order valence-electron chi connectivity index (χ3n) is 6.81. The van der Waals surface area contributed by atoms with Crippen LogP contribution in [0, 0.1) is 12.8 Å². The molecule has 10 heteroatoms. The molecule has 0 saturated carbocycles. The molecule has 0 aliphatic rings. The summed E-state index contributed by atoms with van der Waals surface area (Å²) in [5.74, 6) is 0.154. The molecule has 0 bridgehead atoms. The van der Waals surface area contributed by atoms with Crippen molar-refractivity contribution in [1.29, 1.82) is 0 Å². The molecule has 3 aromatic rings. The highest BCUT2D eigenvalue weighted by Gasteiger charge is 2.34. The van der Waals surface area contributed by atoms with Crippen LogP contribution in [0.1, 0.15) is 38.3 Å². The molecular weight excluding hydrogens is 554 g/mol. The third kappa shape index (κ3) is 8.03. The van der Waals surface area contributed by atoms with Crippen LogP contribution in [0.5, 0.6) is 11.5 Å². The molecule has 226 valence electrons. The highest BCUT2D eigenvalue weighted by molar-refractivity contribution is 7.92. The van der Waals surface area contributed by atoms with E-state index in [2.05, 4.69) is 5.32 Å². The Hall–Kier alpha value is -4.05. The Balaban J connectivity index is 2.09. The average Bonchev–Trinajstić information content (AvgIpc) is 2.98. The molecule has 0 radical (unpaired) electrons. The normalized spacial score (nSPS) is 12.0. The van der Waals surface area contributed by atoms with Gasteiger partial charge in [-0.05, 0) is 49.1 Å². The Bertz CT molecular complexity index is 1440. The van der Waals surface area contributed by atoms with Crippen molar-refractivity contribution in [3.8, 4) is 11.5 Å². The molecule has 0 heterocycles. The minimum Gasteiger partial charge on any atom is -0.493 e. The summed E-state index contributed by atoms with van der Waals surface area (Å²) in [5, 5.41) is 2.93. The number of nitrogens with one attached hydrogen (secondary N) is 1. The van der Waals surface area contributed by atoms with Gasteiger partial charge in [-0.2, -0.15) is 0 Å². The van der Waals surface area contributed by atoms with Gasteiger partial charge in [0.2, 0.25) is 11.8 Å². The van der Waals surface area contributed by atoms with E-state index in [1.807, 2.05) is 58.0 Å². The summed E-state index contributed by atoms with van der Waals surface area (Å²) in [6, 6.07) is 19.6. The third-order valence-corrected chi connectivity index (χ3v) is 8.60.